The summed E-state index contributed by atoms with van der Waals surface area (Å²) in [6.45, 7) is 0.310. The van der Waals surface area contributed by atoms with Crippen LogP contribution in [0.5, 0.6) is 11.5 Å². The third kappa shape index (κ3) is 5.38. The predicted octanol–water partition coefficient (Wildman–Crippen LogP) is 7.33. The number of hydrogen-bond acceptors (Lipinski definition) is 5. The van der Waals surface area contributed by atoms with Crippen molar-refractivity contribution in [3.63, 3.8) is 0 Å². The molecule has 39 heavy (non-hydrogen) atoms. The molecule has 0 bridgehead atoms. The molecule has 1 aliphatic rings. The van der Waals surface area contributed by atoms with E-state index in [1.54, 1.807) is 30.3 Å². The molecule has 0 unspecified atom stereocenters. The fourth-order valence-electron chi connectivity index (χ4n) is 4.24. The van der Waals surface area contributed by atoms with Crippen LogP contribution in [0.4, 0.5) is 5.69 Å². The molecule has 4 aromatic rings. The minimum absolute atomic E-state index is 0.0951. The van der Waals surface area contributed by atoms with Crippen LogP contribution in [0, 0.1) is 0 Å². The first-order valence-corrected chi connectivity index (χ1v) is 13.6. The largest absolute Gasteiger partial charge is 0.493 e. The highest BCUT2D eigenvalue weighted by atomic mass is 79.9. The highest BCUT2D eigenvalue weighted by Crippen LogP contribution is 2.39. The molecule has 5 rings (SSSR count). The van der Waals surface area contributed by atoms with Crippen molar-refractivity contribution in [3.8, 4) is 11.5 Å². The Labute approximate surface area is 248 Å². The van der Waals surface area contributed by atoms with Gasteiger partial charge < -0.3 is 9.47 Å². The normalized spacial score (nSPS) is 14.6. The molecule has 0 aliphatic carbocycles. The fraction of sp³-hybridized carbons (Fsp3) is 0.0690. The van der Waals surface area contributed by atoms with Gasteiger partial charge in [-0.3, -0.25) is 19.8 Å². The van der Waals surface area contributed by atoms with E-state index in [9.17, 15) is 9.59 Å². The Hall–Kier alpha value is -3.43. The van der Waals surface area contributed by atoms with Gasteiger partial charge in [-0.25, -0.2) is 0 Å². The van der Waals surface area contributed by atoms with Crippen LogP contribution in [0.15, 0.2) is 82.8 Å². The molecule has 1 N–H and O–H groups in total. The molecule has 10 heteroatoms. The summed E-state index contributed by atoms with van der Waals surface area (Å²) in [6.07, 6.45) is 1.45. The predicted molar refractivity (Wildman–Crippen MR) is 162 cm³/mol. The van der Waals surface area contributed by atoms with E-state index >= 15 is 0 Å². The number of methoxy groups -OCH3 is 1. The maximum atomic E-state index is 13.4. The Morgan fingerprint density at radius 2 is 1.77 bits per heavy atom. The van der Waals surface area contributed by atoms with Gasteiger partial charge in [0.05, 0.1) is 27.3 Å². The zero-order valence-electron chi connectivity index (χ0n) is 20.3. The number of anilines is 1. The SMILES string of the molecule is COc1cc(/C=C2/C(=O)NC(=S)N(c3cccc(Cl)c3Cl)C2=O)cc(Br)c1OCc1cccc2ccccc12. The zero-order valence-corrected chi connectivity index (χ0v) is 24.2. The van der Waals surface area contributed by atoms with Crippen molar-refractivity contribution in [3.05, 3.63) is 104 Å². The Balaban J connectivity index is 1.46. The zero-order chi connectivity index (χ0) is 27.7. The number of ether oxygens (including phenoxy) is 2. The number of fused-ring (bicyclic) bond motifs is 1. The molecule has 0 atom stereocenters. The van der Waals surface area contributed by atoms with E-state index in [2.05, 4.69) is 33.4 Å². The Kier molecular flexibility index (Phi) is 7.91. The summed E-state index contributed by atoms with van der Waals surface area (Å²) in [5.74, 6) is -0.365. The number of nitrogens with zero attached hydrogens (tertiary/aromatic N) is 1. The van der Waals surface area contributed by atoms with E-state index in [1.807, 2.05) is 30.3 Å². The summed E-state index contributed by atoms with van der Waals surface area (Å²) in [6, 6.07) is 22.4. The molecular formula is C29H19BrCl2N2O4S. The van der Waals surface area contributed by atoms with E-state index in [-0.39, 0.29) is 26.4 Å². The molecule has 4 aromatic carbocycles. The van der Waals surface area contributed by atoms with E-state index in [4.69, 9.17) is 44.9 Å². The molecule has 1 aliphatic heterocycles. The minimum Gasteiger partial charge on any atom is -0.493 e. The lowest BCUT2D eigenvalue weighted by Crippen LogP contribution is -2.54. The van der Waals surface area contributed by atoms with Crippen molar-refractivity contribution in [2.75, 3.05) is 12.0 Å². The first kappa shape index (κ1) is 27.1. The number of halogens is 3. The number of carbonyl (C=O) groups is 2. The first-order chi connectivity index (χ1) is 18.8. The number of amides is 2. The van der Waals surface area contributed by atoms with Crippen molar-refractivity contribution in [2.24, 2.45) is 0 Å². The first-order valence-electron chi connectivity index (χ1n) is 11.6. The van der Waals surface area contributed by atoms with E-state index < -0.39 is 11.8 Å². The molecular weight excluding hydrogens is 623 g/mol. The highest BCUT2D eigenvalue weighted by molar-refractivity contribution is 9.10. The monoisotopic (exact) mass is 640 g/mol. The number of hydrogen-bond donors (Lipinski definition) is 1. The lowest BCUT2D eigenvalue weighted by Gasteiger charge is -2.29. The molecule has 2 amide bonds. The number of benzene rings is 4. The number of carbonyl (C=O) groups excluding carboxylic acids is 2. The van der Waals surface area contributed by atoms with Gasteiger partial charge in [0.15, 0.2) is 16.6 Å². The number of rotatable bonds is 6. The molecule has 0 spiro atoms. The molecule has 196 valence electrons. The molecule has 1 fully saturated rings. The lowest BCUT2D eigenvalue weighted by molar-refractivity contribution is -0.122. The van der Waals surface area contributed by atoms with E-state index in [0.29, 0.717) is 28.1 Å². The van der Waals surface area contributed by atoms with Crippen LogP contribution in [0.25, 0.3) is 16.8 Å². The molecule has 0 aromatic heterocycles. The average Bonchev–Trinajstić information content (AvgIpc) is 2.92. The van der Waals surface area contributed by atoms with E-state index in [1.165, 1.54) is 13.2 Å². The van der Waals surface area contributed by atoms with Crippen LogP contribution >= 0.6 is 51.3 Å². The van der Waals surface area contributed by atoms with Crippen LogP contribution in [0.1, 0.15) is 11.1 Å². The minimum atomic E-state index is -0.640. The quantitative estimate of drug-likeness (QED) is 0.136. The van der Waals surface area contributed by atoms with Crippen LogP contribution in [-0.2, 0) is 16.2 Å². The molecule has 0 radical (unpaired) electrons. The van der Waals surface area contributed by atoms with Crippen LogP contribution < -0.4 is 19.7 Å². The smallest absolute Gasteiger partial charge is 0.270 e. The van der Waals surface area contributed by atoms with Crippen molar-refractivity contribution < 1.29 is 19.1 Å². The van der Waals surface area contributed by atoms with Gasteiger partial charge in [0.1, 0.15) is 12.2 Å². The second-order valence-corrected chi connectivity index (χ2v) is 10.5. The summed E-state index contributed by atoms with van der Waals surface area (Å²) in [5, 5.41) is 5.06. The van der Waals surface area contributed by atoms with Gasteiger partial charge >= 0.3 is 0 Å². The van der Waals surface area contributed by atoms with Gasteiger partial charge in [0.25, 0.3) is 11.8 Å². The molecule has 0 saturated carbocycles. The lowest BCUT2D eigenvalue weighted by atomic mass is 10.1. The van der Waals surface area contributed by atoms with Gasteiger partial charge in [-0.15, -0.1) is 0 Å². The van der Waals surface area contributed by atoms with Crippen LogP contribution in [0.2, 0.25) is 10.0 Å². The van der Waals surface area contributed by atoms with Gasteiger partial charge in [0.2, 0.25) is 0 Å². The standard InChI is InChI=1S/C29H19BrCl2N2O4S/c1-37-24-14-16(13-21(30)26(24)38-15-18-8-4-7-17-6-2-3-9-19(17)18)12-20-27(35)33-29(39)34(28(20)36)23-11-5-10-22(31)25(23)32/h2-14H,15H2,1H3,(H,33,35,39)/b20-12-. The summed E-state index contributed by atoms with van der Waals surface area (Å²) in [4.78, 5) is 27.4. The second-order valence-electron chi connectivity index (χ2n) is 8.49. The molecule has 1 heterocycles. The Morgan fingerprint density at radius 3 is 2.56 bits per heavy atom. The average molecular weight is 642 g/mol. The molecule has 1 saturated heterocycles. The second kappa shape index (κ2) is 11.4. The van der Waals surface area contributed by atoms with Gasteiger partial charge in [0, 0.05) is 0 Å². The van der Waals surface area contributed by atoms with Crippen molar-refractivity contribution in [1.82, 2.24) is 5.32 Å². The third-order valence-corrected chi connectivity index (χ3v) is 7.77. The maximum Gasteiger partial charge on any atom is 0.270 e. The van der Waals surface area contributed by atoms with Gasteiger partial charge in [-0.05, 0) is 80.4 Å². The van der Waals surface area contributed by atoms with Gasteiger partial charge in [-0.2, -0.15) is 0 Å². The van der Waals surface area contributed by atoms with E-state index in [0.717, 1.165) is 21.2 Å². The summed E-state index contributed by atoms with van der Waals surface area (Å²) in [7, 11) is 1.52. The number of nitrogens with one attached hydrogen (secondary N) is 1. The summed E-state index contributed by atoms with van der Waals surface area (Å²) in [5.41, 5.74) is 1.67. The van der Waals surface area contributed by atoms with Crippen LogP contribution in [-0.4, -0.2) is 24.0 Å². The number of thiocarbonyl (C=S) groups is 1. The Morgan fingerprint density at radius 1 is 1.03 bits per heavy atom. The summed E-state index contributed by atoms with van der Waals surface area (Å²) < 4.78 is 12.3. The highest BCUT2D eigenvalue weighted by Gasteiger charge is 2.35. The maximum absolute atomic E-state index is 13.4. The third-order valence-electron chi connectivity index (χ3n) is 6.09. The van der Waals surface area contributed by atoms with Crippen LogP contribution in [0.3, 0.4) is 0 Å². The topological polar surface area (TPSA) is 67.9 Å². The summed E-state index contributed by atoms with van der Waals surface area (Å²) >= 11 is 21.3. The van der Waals surface area contributed by atoms with Crippen molar-refractivity contribution in [2.45, 2.75) is 6.61 Å². The molecule has 6 nitrogen and oxygen atoms in total. The fourth-order valence-corrected chi connectivity index (χ4v) is 5.47. The Bertz CT molecular complexity index is 1690. The van der Waals surface area contributed by atoms with Gasteiger partial charge in [-0.1, -0.05) is 71.7 Å². The van der Waals surface area contributed by atoms with Crippen molar-refractivity contribution >= 4 is 90.8 Å². The van der Waals surface area contributed by atoms with Crippen molar-refractivity contribution in [1.29, 1.82) is 0 Å².